The molecule has 2 amide bonds. The van der Waals surface area contributed by atoms with Crippen LogP contribution in [0, 0.1) is 12.3 Å². The van der Waals surface area contributed by atoms with Crippen LogP contribution in [0.4, 0.5) is 5.69 Å². The first-order chi connectivity index (χ1) is 8.22. The summed E-state index contributed by atoms with van der Waals surface area (Å²) >= 11 is 0. The van der Waals surface area contributed by atoms with Crippen molar-refractivity contribution < 1.29 is 9.59 Å². The van der Waals surface area contributed by atoms with Crippen LogP contribution in [0.2, 0.25) is 0 Å². The van der Waals surface area contributed by atoms with Crippen molar-refractivity contribution in [2.24, 2.45) is 0 Å². The lowest BCUT2D eigenvalue weighted by Crippen LogP contribution is -2.21. The highest BCUT2D eigenvalue weighted by Gasteiger charge is 1.98. The van der Waals surface area contributed by atoms with E-state index in [0.717, 1.165) is 12.2 Å². The molecule has 86 valence electrons. The van der Waals surface area contributed by atoms with Crippen molar-refractivity contribution in [2.75, 3.05) is 11.9 Å². The molecule has 0 spiro atoms. The number of benzene rings is 1. The molecular formula is C13H12N2O2. The van der Waals surface area contributed by atoms with Crippen molar-refractivity contribution in [3.05, 3.63) is 42.5 Å². The average molecular weight is 228 g/mol. The third-order valence-electron chi connectivity index (χ3n) is 1.79. The molecule has 1 aromatic rings. The quantitative estimate of drug-likeness (QED) is 0.595. The number of nitrogens with one attached hydrogen (secondary N) is 2. The van der Waals surface area contributed by atoms with Gasteiger partial charge < -0.3 is 10.6 Å². The molecule has 0 bridgehead atoms. The summed E-state index contributed by atoms with van der Waals surface area (Å²) in [5.74, 6) is 1.49. The lowest BCUT2D eigenvalue weighted by Gasteiger charge is -2.00. The molecule has 0 radical (unpaired) electrons. The standard InChI is InChI=1S/C13H12N2O2/c1-2-10-14-12(16)8-9-13(17)15-11-6-4-3-5-7-11/h1,3-9H,10H2,(H,14,16)(H,15,17)/b9-8-. The smallest absolute Gasteiger partial charge is 0.248 e. The van der Waals surface area contributed by atoms with Gasteiger partial charge in [0.25, 0.3) is 0 Å². The predicted octanol–water partition coefficient (Wildman–Crippen LogP) is 0.931. The summed E-state index contributed by atoms with van der Waals surface area (Å²) in [5.41, 5.74) is 0.672. The molecule has 4 heteroatoms. The number of carbonyl (C=O) groups is 2. The molecular weight excluding hydrogens is 216 g/mol. The van der Waals surface area contributed by atoms with Gasteiger partial charge in [-0.15, -0.1) is 6.42 Å². The first-order valence-corrected chi connectivity index (χ1v) is 4.98. The average Bonchev–Trinajstić information content (AvgIpc) is 2.35. The van der Waals surface area contributed by atoms with Gasteiger partial charge in [0.2, 0.25) is 11.8 Å². The van der Waals surface area contributed by atoms with Crippen molar-refractivity contribution in [3.63, 3.8) is 0 Å². The highest BCUT2D eigenvalue weighted by atomic mass is 16.2. The fraction of sp³-hybridized carbons (Fsp3) is 0.0769. The molecule has 1 aromatic carbocycles. The zero-order valence-corrected chi connectivity index (χ0v) is 9.14. The molecule has 0 unspecified atom stereocenters. The van der Waals surface area contributed by atoms with Gasteiger partial charge in [0.05, 0.1) is 6.54 Å². The van der Waals surface area contributed by atoms with E-state index < -0.39 is 5.91 Å². The molecule has 4 nitrogen and oxygen atoms in total. The summed E-state index contributed by atoms with van der Waals surface area (Å²) in [5, 5.41) is 5.02. The van der Waals surface area contributed by atoms with Gasteiger partial charge in [-0.25, -0.2) is 0 Å². The van der Waals surface area contributed by atoms with Gasteiger partial charge in [0.1, 0.15) is 0 Å². The van der Waals surface area contributed by atoms with Crippen molar-refractivity contribution in [2.45, 2.75) is 0 Å². The van der Waals surface area contributed by atoms with E-state index in [9.17, 15) is 9.59 Å². The molecule has 2 N–H and O–H groups in total. The fourth-order valence-corrected chi connectivity index (χ4v) is 1.05. The van der Waals surface area contributed by atoms with E-state index in [1.165, 1.54) is 0 Å². The Labute approximate surface area is 99.7 Å². The van der Waals surface area contributed by atoms with Crippen LogP contribution in [0.3, 0.4) is 0 Å². The Balaban J connectivity index is 2.42. The minimum Gasteiger partial charge on any atom is -0.342 e. The second-order valence-electron chi connectivity index (χ2n) is 3.11. The van der Waals surface area contributed by atoms with E-state index in [0.29, 0.717) is 5.69 Å². The molecule has 0 saturated carbocycles. The van der Waals surface area contributed by atoms with Crippen LogP contribution in [0.1, 0.15) is 0 Å². The molecule has 0 heterocycles. The Morgan fingerprint density at radius 2 is 1.82 bits per heavy atom. The summed E-state index contributed by atoms with van der Waals surface area (Å²) in [6.07, 6.45) is 7.25. The van der Waals surface area contributed by atoms with Crippen LogP contribution in [-0.2, 0) is 9.59 Å². The number of amides is 2. The number of rotatable bonds is 4. The molecule has 0 fully saturated rings. The first-order valence-electron chi connectivity index (χ1n) is 4.98. The maximum atomic E-state index is 11.4. The number of anilines is 1. The third kappa shape index (κ3) is 5.19. The topological polar surface area (TPSA) is 58.2 Å². The van der Waals surface area contributed by atoms with Crippen molar-refractivity contribution in [3.8, 4) is 12.3 Å². The minimum absolute atomic E-state index is 0.142. The van der Waals surface area contributed by atoms with Crippen LogP contribution in [0.5, 0.6) is 0 Å². The molecule has 0 aliphatic rings. The lowest BCUT2D eigenvalue weighted by atomic mass is 10.3. The molecule has 0 aromatic heterocycles. The zero-order chi connectivity index (χ0) is 12.5. The van der Waals surface area contributed by atoms with Gasteiger partial charge in [-0.1, -0.05) is 24.1 Å². The second-order valence-corrected chi connectivity index (χ2v) is 3.11. The van der Waals surface area contributed by atoms with Gasteiger partial charge in [-0.3, -0.25) is 9.59 Å². The van der Waals surface area contributed by atoms with Crippen molar-refractivity contribution >= 4 is 17.5 Å². The molecule has 0 atom stereocenters. The fourth-order valence-electron chi connectivity index (χ4n) is 1.05. The Morgan fingerprint density at radius 3 is 2.47 bits per heavy atom. The number of hydrogen-bond acceptors (Lipinski definition) is 2. The molecule has 0 aliphatic carbocycles. The monoisotopic (exact) mass is 228 g/mol. The number of hydrogen-bond donors (Lipinski definition) is 2. The van der Waals surface area contributed by atoms with Crippen LogP contribution in [-0.4, -0.2) is 18.4 Å². The summed E-state index contributed by atoms with van der Waals surface area (Å²) in [6.45, 7) is 0.142. The van der Waals surface area contributed by atoms with Gasteiger partial charge in [-0.2, -0.15) is 0 Å². The van der Waals surface area contributed by atoms with E-state index in [-0.39, 0.29) is 12.5 Å². The maximum Gasteiger partial charge on any atom is 0.248 e. The normalized spacial score (nSPS) is 9.59. The van der Waals surface area contributed by atoms with E-state index in [1.807, 2.05) is 6.07 Å². The Kier molecular flexibility index (Phi) is 5.05. The number of terminal acetylenes is 1. The molecule has 0 aliphatic heterocycles. The number of carbonyl (C=O) groups excluding carboxylic acids is 2. The van der Waals surface area contributed by atoms with E-state index >= 15 is 0 Å². The number of para-hydroxylation sites is 1. The van der Waals surface area contributed by atoms with Gasteiger partial charge in [-0.05, 0) is 12.1 Å². The van der Waals surface area contributed by atoms with Crippen LogP contribution < -0.4 is 10.6 Å². The molecule has 0 saturated heterocycles. The zero-order valence-electron chi connectivity index (χ0n) is 9.14. The van der Waals surface area contributed by atoms with Crippen LogP contribution >= 0.6 is 0 Å². The molecule has 17 heavy (non-hydrogen) atoms. The summed E-state index contributed by atoms with van der Waals surface area (Å²) < 4.78 is 0. The lowest BCUT2D eigenvalue weighted by molar-refractivity contribution is -0.117. The largest absolute Gasteiger partial charge is 0.342 e. The predicted molar refractivity (Wildman–Crippen MR) is 66.1 cm³/mol. The van der Waals surface area contributed by atoms with Crippen molar-refractivity contribution in [1.29, 1.82) is 0 Å². The SMILES string of the molecule is C#CCNC(=O)/C=C\C(=O)Nc1ccccc1. The van der Waals surface area contributed by atoms with Gasteiger partial charge >= 0.3 is 0 Å². The Bertz CT molecular complexity index is 458. The van der Waals surface area contributed by atoms with Crippen LogP contribution in [0.15, 0.2) is 42.5 Å². The van der Waals surface area contributed by atoms with Gasteiger partial charge in [0, 0.05) is 17.8 Å². The van der Waals surface area contributed by atoms with Crippen LogP contribution in [0.25, 0.3) is 0 Å². The summed E-state index contributed by atoms with van der Waals surface area (Å²) in [4.78, 5) is 22.5. The third-order valence-corrected chi connectivity index (χ3v) is 1.79. The van der Waals surface area contributed by atoms with E-state index in [1.54, 1.807) is 24.3 Å². The minimum atomic E-state index is -0.397. The highest BCUT2D eigenvalue weighted by Crippen LogP contribution is 2.04. The maximum absolute atomic E-state index is 11.4. The Morgan fingerprint density at radius 1 is 1.18 bits per heavy atom. The van der Waals surface area contributed by atoms with E-state index in [2.05, 4.69) is 16.6 Å². The second kappa shape index (κ2) is 6.85. The highest BCUT2D eigenvalue weighted by molar-refractivity contribution is 6.03. The van der Waals surface area contributed by atoms with E-state index in [4.69, 9.17) is 6.42 Å². The molecule has 1 rings (SSSR count). The first kappa shape index (κ1) is 12.5. The summed E-state index contributed by atoms with van der Waals surface area (Å²) in [7, 11) is 0. The summed E-state index contributed by atoms with van der Waals surface area (Å²) in [6, 6.07) is 8.96. The Hall–Kier alpha value is -2.54. The van der Waals surface area contributed by atoms with Crippen molar-refractivity contribution in [1.82, 2.24) is 5.32 Å². The van der Waals surface area contributed by atoms with Gasteiger partial charge in [0.15, 0.2) is 0 Å².